The van der Waals surface area contributed by atoms with Crippen molar-refractivity contribution >= 4 is 33.2 Å². The molecule has 0 bridgehead atoms. The monoisotopic (exact) mass is 351 g/mol. The van der Waals surface area contributed by atoms with Crippen LogP contribution in [0.25, 0.3) is 0 Å². The molecule has 1 atom stereocenters. The SMILES string of the molecule is Clc1ccccc1NC1CCCOc2cc(Br)ccc21. The summed E-state index contributed by atoms with van der Waals surface area (Å²) in [5.41, 5.74) is 2.15. The zero-order chi connectivity index (χ0) is 13.9. The molecule has 0 aliphatic carbocycles. The summed E-state index contributed by atoms with van der Waals surface area (Å²) < 4.78 is 6.86. The number of rotatable bonds is 2. The lowest BCUT2D eigenvalue weighted by molar-refractivity contribution is 0.316. The average molecular weight is 353 g/mol. The standard InChI is InChI=1S/C16H15BrClNO/c17-11-7-8-12-14(6-3-9-20-16(12)10-11)19-15-5-2-1-4-13(15)18/h1-2,4-5,7-8,10,14,19H,3,6,9H2. The van der Waals surface area contributed by atoms with Gasteiger partial charge >= 0.3 is 0 Å². The highest BCUT2D eigenvalue weighted by Gasteiger charge is 2.20. The van der Waals surface area contributed by atoms with E-state index in [9.17, 15) is 0 Å². The summed E-state index contributed by atoms with van der Waals surface area (Å²) in [7, 11) is 0. The molecule has 2 nitrogen and oxygen atoms in total. The van der Waals surface area contributed by atoms with Crippen molar-refractivity contribution in [1.82, 2.24) is 0 Å². The van der Waals surface area contributed by atoms with Crippen LogP contribution in [0.4, 0.5) is 5.69 Å². The van der Waals surface area contributed by atoms with Crippen LogP contribution in [0.2, 0.25) is 5.02 Å². The highest BCUT2D eigenvalue weighted by Crippen LogP contribution is 2.36. The molecular weight excluding hydrogens is 338 g/mol. The molecule has 1 heterocycles. The summed E-state index contributed by atoms with van der Waals surface area (Å²) >= 11 is 9.73. The number of nitrogens with one attached hydrogen (secondary N) is 1. The maximum Gasteiger partial charge on any atom is 0.125 e. The summed E-state index contributed by atoms with van der Waals surface area (Å²) in [6.45, 7) is 0.754. The Labute approximate surface area is 132 Å². The molecule has 1 aliphatic heterocycles. The number of hydrogen-bond acceptors (Lipinski definition) is 2. The van der Waals surface area contributed by atoms with Gasteiger partial charge in [-0.25, -0.2) is 0 Å². The quantitative estimate of drug-likeness (QED) is 0.778. The van der Waals surface area contributed by atoms with Crippen molar-refractivity contribution in [1.29, 1.82) is 0 Å². The van der Waals surface area contributed by atoms with E-state index in [0.29, 0.717) is 0 Å². The van der Waals surface area contributed by atoms with Crippen LogP contribution in [0.15, 0.2) is 46.9 Å². The fourth-order valence-electron chi connectivity index (χ4n) is 2.46. The lowest BCUT2D eigenvalue weighted by Crippen LogP contribution is -2.10. The van der Waals surface area contributed by atoms with Crippen LogP contribution in [0, 0.1) is 0 Å². The Morgan fingerprint density at radius 2 is 2.05 bits per heavy atom. The maximum atomic E-state index is 6.24. The van der Waals surface area contributed by atoms with E-state index in [0.717, 1.165) is 40.4 Å². The van der Waals surface area contributed by atoms with E-state index in [1.165, 1.54) is 5.56 Å². The van der Waals surface area contributed by atoms with E-state index in [4.69, 9.17) is 16.3 Å². The van der Waals surface area contributed by atoms with Crippen LogP contribution >= 0.6 is 27.5 Å². The van der Waals surface area contributed by atoms with Gasteiger partial charge in [0.05, 0.1) is 23.4 Å². The van der Waals surface area contributed by atoms with Gasteiger partial charge in [-0.3, -0.25) is 0 Å². The van der Waals surface area contributed by atoms with Crippen molar-refractivity contribution in [2.45, 2.75) is 18.9 Å². The van der Waals surface area contributed by atoms with E-state index in [-0.39, 0.29) is 6.04 Å². The van der Waals surface area contributed by atoms with Crippen LogP contribution in [0.5, 0.6) is 5.75 Å². The molecule has 0 amide bonds. The molecule has 20 heavy (non-hydrogen) atoms. The van der Waals surface area contributed by atoms with E-state index < -0.39 is 0 Å². The molecule has 1 aliphatic rings. The third-order valence-corrected chi connectivity index (χ3v) is 4.27. The van der Waals surface area contributed by atoms with Gasteiger partial charge in [0.2, 0.25) is 0 Å². The first-order valence-corrected chi connectivity index (χ1v) is 7.84. The minimum Gasteiger partial charge on any atom is -0.493 e. The Bertz CT molecular complexity index is 617. The fraction of sp³-hybridized carbons (Fsp3) is 0.250. The molecule has 0 radical (unpaired) electrons. The van der Waals surface area contributed by atoms with Gasteiger partial charge in [-0.2, -0.15) is 0 Å². The molecule has 2 aromatic rings. The minimum atomic E-state index is 0.223. The van der Waals surface area contributed by atoms with E-state index in [2.05, 4.69) is 33.4 Å². The third kappa shape index (κ3) is 2.94. The van der Waals surface area contributed by atoms with Crippen LogP contribution < -0.4 is 10.1 Å². The topological polar surface area (TPSA) is 21.3 Å². The lowest BCUT2D eigenvalue weighted by Gasteiger charge is -2.20. The van der Waals surface area contributed by atoms with Crippen molar-refractivity contribution in [2.24, 2.45) is 0 Å². The van der Waals surface area contributed by atoms with Gasteiger partial charge in [0.1, 0.15) is 5.75 Å². The zero-order valence-electron chi connectivity index (χ0n) is 10.9. The predicted octanol–water partition coefficient (Wildman–Crippen LogP) is 5.43. The second-order valence-electron chi connectivity index (χ2n) is 4.85. The van der Waals surface area contributed by atoms with Crippen molar-refractivity contribution in [2.75, 3.05) is 11.9 Å². The minimum absolute atomic E-state index is 0.223. The Hall–Kier alpha value is -1.19. The van der Waals surface area contributed by atoms with Crippen LogP contribution in [0.1, 0.15) is 24.4 Å². The zero-order valence-corrected chi connectivity index (χ0v) is 13.2. The first kappa shape index (κ1) is 13.8. The molecule has 3 rings (SSSR count). The highest BCUT2D eigenvalue weighted by molar-refractivity contribution is 9.10. The summed E-state index contributed by atoms with van der Waals surface area (Å²) in [5.74, 6) is 0.946. The second-order valence-corrected chi connectivity index (χ2v) is 6.17. The number of benzene rings is 2. The number of anilines is 1. The van der Waals surface area contributed by atoms with Crippen LogP contribution in [0.3, 0.4) is 0 Å². The normalized spacial score (nSPS) is 17.8. The molecule has 1 unspecified atom stereocenters. The van der Waals surface area contributed by atoms with Crippen LogP contribution in [-0.4, -0.2) is 6.61 Å². The summed E-state index contributed by atoms with van der Waals surface area (Å²) in [5, 5.41) is 4.28. The highest BCUT2D eigenvalue weighted by atomic mass is 79.9. The number of ether oxygens (including phenoxy) is 1. The Morgan fingerprint density at radius 1 is 1.20 bits per heavy atom. The number of para-hydroxylation sites is 1. The molecule has 0 fully saturated rings. The van der Waals surface area contributed by atoms with E-state index >= 15 is 0 Å². The molecule has 0 aromatic heterocycles. The first-order valence-electron chi connectivity index (χ1n) is 6.67. The second kappa shape index (κ2) is 6.06. The Kier molecular flexibility index (Phi) is 4.18. The fourth-order valence-corrected chi connectivity index (χ4v) is 2.99. The molecular formula is C16H15BrClNO. The predicted molar refractivity (Wildman–Crippen MR) is 86.7 cm³/mol. The van der Waals surface area contributed by atoms with Crippen molar-refractivity contribution in [3.05, 3.63) is 57.5 Å². The number of hydrogen-bond donors (Lipinski definition) is 1. The molecule has 0 saturated heterocycles. The van der Waals surface area contributed by atoms with Gasteiger partial charge in [0, 0.05) is 10.0 Å². The van der Waals surface area contributed by atoms with Gasteiger partial charge in [0.15, 0.2) is 0 Å². The number of halogens is 2. The molecule has 0 saturated carbocycles. The van der Waals surface area contributed by atoms with Crippen molar-refractivity contribution < 1.29 is 4.74 Å². The van der Waals surface area contributed by atoms with E-state index in [1.807, 2.05) is 30.3 Å². The van der Waals surface area contributed by atoms with Gasteiger partial charge in [-0.15, -0.1) is 0 Å². The first-order chi connectivity index (χ1) is 9.74. The average Bonchev–Trinajstić information content (AvgIpc) is 2.63. The molecule has 2 aromatic carbocycles. The molecule has 104 valence electrons. The van der Waals surface area contributed by atoms with Gasteiger partial charge in [-0.05, 0) is 37.1 Å². The van der Waals surface area contributed by atoms with Gasteiger partial charge in [0.25, 0.3) is 0 Å². The molecule has 4 heteroatoms. The maximum absolute atomic E-state index is 6.24. The smallest absolute Gasteiger partial charge is 0.125 e. The van der Waals surface area contributed by atoms with Gasteiger partial charge in [-0.1, -0.05) is 45.7 Å². The Balaban J connectivity index is 1.92. The Morgan fingerprint density at radius 3 is 2.90 bits per heavy atom. The summed E-state index contributed by atoms with van der Waals surface area (Å²) in [4.78, 5) is 0. The third-order valence-electron chi connectivity index (χ3n) is 3.45. The van der Waals surface area contributed by atoms with Crippen molar-refractivity contribution in [3.63, 3.8) is 0 Å². The molecule has 0 spiro atoms. The van der Waals surface area contributed by atoms with Crippen LogP contribution in [-0.2, 0) is 0 Å². The summed E-state index contributed by atoms with van der Waals surface area (Å²) in [6, 6.07) is 14.3. The van der Waals surface area contributed by atoms with Gasteiger partial charge < -0.3 is 10.1 Å². The van der Waals surface area contributed by atoms with E-state index in [1.54, 1.807) is 0 Å². The number of fused-ring (bicyclic) bond motifs is 1. The summed E-state index contributed by atoms with van der Waals surface area (Å²) in [6.07, 6.45) is 2.05. The lowest BCUT2D eigenvalue weighted by atomic mass is 10.0. The van der Waals surface area contributed by atoms with Crippen molar-refractivity contribution in [3.8, 4) is 5.75 Å². The molecule has 1 N–H and O–H groups in total. The largest absolute Gasteiger partial charge is 0.493 e.